The Morgan fingerprint density at radius 3 is 2.82 bits per heavy atom. The number of ether oxygens (including phenoxy) is 1. The Kier molecular flexibility index (Phi) is 1.06. The zero-order valence-corrected chi connectivity index (χ0v) is 6.75. The molecule has 1 spiro atoms. The van der Waals surface area contributed by atoms with Crippen molar-refractivity contribution in [1.82, 2.24) is 0 Å². The lowest BCUT2D eigenvalue weighted by molar-refractivity contribution is -0.164. The molecule has 2 N–H and O–H groups in total. The zero-order valence-electron chi connectivity index (χ0n) is 6.75. The molecule has 3 aliphatic rings. The molecule has 3 rings (SSSR count). The smallest absolute Gasteiger partial charge is 0.0690 e. The van der Waals surface area contributed by atoms with Crippen LogP contribution in [0.3, 0.4) is 0 Å². The van der Waals surface area contributed by atoms with E-state index in [-0.39, 0.29) is 0 Å². The fourth-order valence-corrected chi connectivity index (χ4v) is 3.27. The summed E-state index contributed by atoms with van der Waals surface area (Å²) in [6.07, 6.45) is 5.81. The van der Waals surface area contributed by atoms with Crippen LogP contribution in [0.2, 0.25) is 0 Å². The van der Waals surface area contributed by atoms with E-state index in [0.717, 1.165) is 12.5 Å². The van der Waals surface area contributed by atoms with Crippen LogP contribution in [0.4, 0.5) is 0 Å². The molecule has 62 valence electrons. The maximum atomic E-state index is 6.12. The quantitative estimate of drug-likeness (QED) is 0.561. The standard InChI is InChI=1S/C9H15NO/c10-7-6-2-5-11-8(6)9(7)3-1-4-9/h6-8H,1-5,10H2. The lowest BCUT2D eigenvalue weighted by Crippen LogP contribution is -2.69. The summed E-state index contributed by atoms with van der Waals surface area (Å²) in [6, 6.07) is 0.476. The molecular weight excluding hydrogens is 138 g/mol. The van der Waals surface area contributed by atoms with Gasteiger partial charge in [-0.15, -0.1) is 0 Å². The van der Waals surface area contributed by atoms with Gasteiger partial charge in [-0.25, -0.2) is 0 Å². The second-order valence-electron chi connectivity index (χ2n) is 4.36. The molecule has 2 nitrogen and oxygen atoms in total. The molecule has 2 aliphatic carbocycles. The normalized spacial score (nSPS) is 51.5. The first-order valence-electron chi connectivity index (χ1n) is 4.72. The maximum absolute atomic E-state index is 6.12. The predicted octanol–water partition coefficient (Wildman–Crippen LogP) is 0.903. The Bertz CT molecular complexity index is 188. The molecule has 3 fully saturated rings. The zero-order chi connectivity index (χ0) is 7.47. The molecule has 0 amide bonds. The molecule has 1 aliphatic heterocycles. The van der Waals surface area contributed by atoms with Crippen LogP contribution in [-0.2, 0) is 4.74 Å². The second-order valence-corrected chi connectivity index (χ2v) is 4.36. The van der Waals surface area contributed by atoms with Crippen LogP contribution in [-0.4, -0.2) is 18.8 Å². The third-order valence-electron chi connectivity index (χ3n) is 4.11. The van der Waals surface area contributed by atoms with Crippen LogP contribution < -0.4 is 5.73 Å². The van der Waals surface area contributed by atoms with E-state index in [4.69, 9.17) is 10.5 Å². The highest BCUT2D eigenvalue weighted by Gasteiger charge is 2.65. The Hall–Kier alpha value is -0.0800. The minimum absolute atomic E-state index is 0.459. The Morgan fingerprint density at radius 2 is 2.18 bits per heavy atom. The SMILES string of the molecule is NC1C2CCOC2C12CCC2. The molecule has 3 atom stereocenters. The summed E-state index contributed by atoms with van der Waals surface area (Å²) < 4.78 is 5.70. The van der Waals surface area contributed by atoms with Crippen LogP contribution in [0.1, 0.15) is 25.7 Å². The van der Waals surface area contributed by atoms with Crippen LogP contribution in [0.5, 0.6) is 0 Å². The van der Waals surface area contributed by atoms with Gasteiger partial charge in [-0.2, -0.15) is 0 Å². The highest BCUT2D eigenvalue weighted by Crippen LogP contribution is 2.61. The topological polar surface area (TPSA) is 35.2 Å². The van der Waals surface area contributed by atoms with Crippen molar-refractivity contribution in [2.24, 2.45) is 17.1 Å². The van der Waals surface area contributed by atoms with E-state index in [0.29, 0.717) is 17.6 Å². The fourth-order valence-electron chi connectivity index (χ4n) is 3.27. The highest BCUT2D eigenvalue weighted by atomic mass is 16.5. The summed E-state index contributed by atoms with van der Waals surface area (Å²) in [5, 5.41) is 0. The van der Waals surface area contributed by atoms with Crippen LogP contribution in [0, 0.1) is 11.3 Å². The monoisotopic (exact) mass is 153 g/mol. The van der Waals surface area contributed by atoms with Gasteiger partial charge in [-0.05, 0) is 19.3 Å². The van der Waals surface area contributed by atoms with Gasteiger partial charge < -0.3 is 10.5 Å². The van der Waals surface area contributed by atoms with Crippen LogP contribution in [0.25, 0.3) is 0 Å². The molecule has 0 aromatic rings. The van der Waals surface area contributed by atoms with Crippen molar-refractivity contribution in [3.8, 4) is 0 Å². The van der Waals surface area contributed by atoms with Crippen molar-refractivity contribution in [3.05, 3.63) is 0 Å². The van der Waals surface area contributed by atoms with Gasteiger partial charge in [0.15, 0.2) is 0 Å². The summed E-state index contributed by atoms with van der Waals surface area (Å²) in [4.78, 5) is 0. The molecule has 0 aromatic carbocycles. The molecule has 0 bridgehead atoms. The second kappa shape index (κ2) is 1.80. The van der Waals surface area contributed by atoms with Gasteiger partial charge in [0.1, 0.15) is 0 Å². The molecule has 0 aromatic heterocycles. The van der Waals surface area contributed by atoms with Crippen molar-refractivity contribution < 1.29 is 4.74 Å². The number of nitrogens with two attached hydrogens (primary N) is 1. The number of hydrogen-bond donors (Lipinski definition) is 1. The molecule has 2 saturated carbocycles. The van der Waals surface area contributed by atoms with E-state index in [1.54, 1.807) is 0 Å². The van der Waals surface area contributed by atoms with Crippen molar-refractivity contribution in [2.45, 2.75) is 37.8 Å². The van der Waals surface area contributed by atoms with Crippen molar-refractivity contribution in [3.63, 3.8) is 0 Å². The van der Waals surface area contributed by atoms with E-state index in [1.807, 2.05) is 0 Å². The van der Waals surface area contributed by atoms with Crippen LogP contribution in [0.15, 0.2) is 0 Å². The van der Waals surface area contributed by atoms with Crippen molar-refractivity contribution in [2.75, 3.05) is 6.61 Å². The van der Waals surface area contributed by atoms with Gasteiger partial charge in [-0.1, -0.05) is 6.42 Å². The van der Waals surface area contributed by atoms with Gasteiger partial charge in [0.25, 0.3) is 0 Å². The van der Waals surface area contributed by atoms with Gasteiger partial charge in [0.05, 0.1) is 6.10 Å². The third kappa shape index (κ3) is 0.541. The molecule has 1 heterocycles. The summed E-state index contributed by atoms with van der Waals surface area (Å²) in [5.74, 6) is 0.718. The molecule has 1 saturated heterocycles. The van der Waals surface area contributed by atoms with Gasteiger partial charge in [0.2, 0.25) is 0 Å². The predicted molar refractivity (Wildman–Crippen MR) is 42.1 cm³/mol. The summed E-state index contributed by atoms with van der Waals surface area (Å²) in [7, 11) is 0. The van der Waals surface area contributed by atoms with E-state index < -0.39 is 0 Å². The summed E-state index contributed by atoms with van der Waals surface area (Å²) >= 11 is 0. The first-order chi connectivity index (χ1) is 5.34. The van der Waals surface area contributed by atoms with Crippen molar-refractivity contribution >= 4 is 0 Å². The van der Waals surface area contributed by atoms with E-state index in [9.17, 15) is 0 Å². The first kappa shape index (κ1) is 6.44. The number of fused-ring (bicyclic) bond motifs is 2. The average Bonchev–Trinajstić information content (AvgIpc) is 2.29. The molecular formula is C9H15NO. The lowest BCUT2D eigenvalue weighted by atomic mass is 9.47. The number of hydrogen-bond acceptors (Lipinski definition) is 2. The molecule has 3 unspecified atom stereocenters. The fraction of sp³-hybridized carbons (Fsp3) is 1.00. The molecule has 2 heteroatoms. The molecule has 0 radical (unpaired) electrons. The van der Waals surface area contributed by atoms with Crippen LogP contribution >= 0.6 is 0 Å². The van der Waals surface area contributed by atoms with Gasteiger partial charge >= 0.3 is 0 Å². The minimum atomic E-state index is 0.459. The molecule has 11 heavy (non-hydrogen) atoms. The first-order valence-corrected chi connectivity index (χ1v) is 4.72. The van der Waals surface area contributed by atoms with Crippen molar-refractivity contribution in [1.29, 1.82) is 0 Å². The Morgan fingerprint density at radius 1 is 1.36 bits per heavy atom. The Balaban J connectivity index is 1.86. The Labute approximate surface area is 67.1 Å². The summed E-state index contributed by atoms with van der Waals surface area (Å²) in [5.41, 5.74) is 6.58. The van der Waals surface area contributed by atoms with Gasteiger partial charge in [-0.3, -0.25) is 0 Å². The van der Waals surface area contributed by atoms with E-state index in [2.05, 4.69) is 0 Å². The third-order valence-corrected chi connectivity index (χ3v) is 4.11. The number of rotatable bonds is 0. The minimum Gasteiger partial charge on any atom is -0.377 e. The van der Waals surface area contributed by atoms with E-state index >= 15 is 0 Å². The lowest BCUT2D eigenvalue weighted by Gasteiger charge is -2.62. The van der Waals surface area contributed by atoms with Gasteiger partial charge in [0, 0.05) is 24.0 Å². The average molecular weight is 153 g/mol. The highest BCUT2D eigenvalue weighted by molar-refractivity contribution is 5.17. The summed E-state index contributed by atoms with van der Waals surface area (Å²) in [6.45, 7) is 0.963. The van der Waals surface area contributed by atoms with E-state index in [1.165, 1.54) is 25.7 Å². The largest absolute Gasteiger partial charge is 0.377 e. The maximum Gasteiger partial charge on any atom is 0.0690 e.